The van der Waals surface area contributed by atoms with Gasteiger partial charge < -0.3 is 15.5 Å². The van der Waals surface area contributed by atoms with Crippen molar-refractivity contribution in [1.82, 2.24) is 0 Å². The van der Waals surface area contributed by atoms with Crippen molar-refractivity contribution < 1.29 is 15.5 Å². The van der Waals surface area contributed by atoms with Gasteiger partial charge in [-0.15, -0.1) is 0 Å². The van der Waals surface area contributed by atoms with Crippen LogP contribution in [0.15, 0.2) is 71.0 Å². The van der Waals surface area contributed by atoms with Crippen LogP contribution in [0.5, 0.6) is 0 Å². The number of oxime groups is 2. The Labute approximate surface area is 146 Å². The topological polar surface area (TPSA) is 85.4 Å². The van der Waals surface area contributed by atoms with E-state index in [0.717, 1.165) is 12.8 Å². The number of hydrogen-bond donors (Lipinski definition) is 3. The molecule has 130 valence electrons. The van der Waals surface area contributed by atoms with E-state index in [1.807, 2.05) is 36.4 Å². The molecule has 1 fully saturated rings. The first-order chi connectivity index (χ1) is 12.2. The van der Waals surface area contributed by atoms with Crippen molar-refractivity contribution in [2.45, 2.75) is 31.3 Å². The fourth-order valence-corrected chi connectivity index (χ4v) is 3.71. The van der Waals surface area contributed by atoms with Crippen LogP contribution in [-0.2, 0) is 5.60 Å². The Balaban J connectivity index is 2.19. The van der Waals surface area contributed by atoms with Gasteiger partial charge in [-0.1, -0.05) is 77.4 Å². The number of aliphatic hydroxyl groups is 1. The predicted octanol–water partition coefficient (Wildman–Crippen LogP) is 3.77. The molecule has 0 heterocycles. The lowest BCUT2D eigenvalue weighted by Gasteiger charge is -2.39. The summed E-state index contributed by atoms with van der Waals surface area (Å²) in [5, 5.41) is 38.0. The molecule has 0 amide bonds. The maximum Gasteiger partial charge on any atom is 0.143 e. The Hall–Kier alpha value is -2.66. The second-order valence-electron chi connectivity index (χ2n) is 6.34. The maximum atomic E-state index is 11.8. The molecule has 0 spiro atoms. The number of benzene rings is 2. The summed E-state index contributed by atoms with van der Waals surface area (Å²) in [6.07, 6.45) is 3.09. The van der Waals surface area contributed by atoms with E-state index < -0.39 is 11.5 Å². The summed E-state index contributed by atoms with van der Waals surface area (Å²) < 4.78 is 0. The highest BCUT2D eigenvalue weighted by Crippen LogP contribution is 2.40. The minimum absolute atomic E-state index is 0.160. The van der Waals surface area contributed by atoms with E-state index in [4.69, 9.17) is 0 Å². The fraction of sp³-hybridized carbons (Fsp3) is 0.300. The van der Waals surface area contributed by atoms with Crippen molar-refractivity contribution in [3.8, 4) is 0 Å². The van der Waals surface area contributed by atoms with Crippen LogP contribution in [0.4, 0.5) is 0 Å². The number of hydrogen-bond acceptors (Lipinski definition) is 5. The molecule has 25 heavy (non-hydrogen) atoms. The van der Waals surface area contributed by atoms with E-state index >= 15 is 0 Å². The van der Waals surface area contributed by atoms with E-state index in [1.165, 1.54) is 0 Å². The first-order valence-electron chi connectivity index (χ1n) is 8.48. The molecular weight excluding hydrogens is 316 g/mol. The zero-order chi connectivity index (χ0) is 17.7. The van der Waals surface area contributed by atoms with Crippen molar-refractivity contribution in [1.29, 1.82) is 0 Å². The van der Waals surface area contributed by atoms with Crippen molar-refractivity contribution in [2.75, 3.05) is 0 Å². The summed E-state index contributed by atoms with van der Waals surface area (Å²) in [5.41, 5.74) is 0.347. The van der Waals surface area contributed by atoms with Crippen LogP contribution in [0.3, 0.4) is 0 Å². The largest absolute Gasteiger partial charge is 0.411 e. The standard InChI is InChI=1S/C20H22N2O3/c23-20(16-11-5-2-6-12-16,17-13-7-8-14-18(17)21-24)19(22-25)15-9-3-1-4-10-15/h1-6,9-12,17,23-25H,7-8,13-14H2. The first-order valence-corrected chi connectivity index (χ1v) is 8.48. The van der Waals surface area contributed by atoms with Gasteiger partial charge >= 0.3 is 0 Å². The van der Waals surface area contributed by atoms with E-state index in [9.17, 15) is 15.5 Å². The lowest BCUT2D eigenvalue weighted by molar-refractivity contribution is 0.0606. The third-order valence-corrected chi connectivity index (χ3v) is 4.93. The lowest BCUT2D eigenvalue weighted by atomic mass is 9.68. The summed E-state index contributed by atoms with van der Waals surface area (Å²) in [7, 11) is 0. The van der Waals surface area contributed by atoms with Crippen LogP contribution in [0.25, 0.3) is 0 Å². The smallest absolute Gasteiger partial charge is 0.143 e. The Morgan fingerprint density at radius 2 is 1.56 bits per heavy atom. The van der Waals surface area contributed by atoms with Gasteiger partial charge in [0.05, 0.1) is 5.71 Å². The molecule has 5 nitrogen and oxygen atoms in total. The Kier molecular flexibility index (Phi) is 5.14. The predicted molar refractivity (Wildman–Crippen MR) is 96.3 cm³/mol. The molecule has 1 aliphatic rings. The highest BCUT2D eigenvalue weighted by Gasteiger charge is 2.47. The third-order valence-electron chi connectivity index (χ3n) is 4.93. The van der Waals surface area contributed by atoms with Crippen molar-refractivity contribution in [3.05, 3.63) is 71.8 Å². The van der Waals surface area contributed by atoms with Gasteiger partial charge in [0.15, 0.2) is 0 Å². The van der Waals surface area contributed by atoms with E-state index in [0.29, 0.717) is 29.7 Å². The zero-order valence-corrected chi connectivity index (χ0v) is 13.9. The van der Waals surface area contributed by atoms with Gasteiger partial charge in [-0.3, -0.25) is 0 Å². The van der Waals surface area contributed by atoms with Crippen LogP contribution in [0.1, 0.15) is 36.8 Å². The van der Waals surface area contributed by atoms with Gasteiger partial charge in [0.2, 0.25) is 0 Å². The SMILES string of the molecule is ON=C1CCCCC1C(O)(C(=NO)c1ccccc1)c1ccccc1. The van der Waals surface area contributed by atoms with Gasteiger partial charge in [-0.2, -0.15) is 0 Å². The fourth-order valence-electron chi connectivity index (χ4n) is 3.71. The average molecular weight is 338 g/mol. The van der Waals surface area contributed by atoms with Gasteiger partial charge in [-0.05, 0) is 24.8 Å². The van der Waals surface area contributed by atoms with Crippen LogP contribution in [0.2, 0.25) is 0 Å². The van der Waals surface area contributed by atoms with E-state index in [2.05, 4.69) is 10.3 Å². The average Bonchev–Trinajstić information content (AvgIpc) is 2.70. The molecule has 0 aliphatic heterocycles. The molecule has 3 rings (SSSR count). The minimum Gasteiger partial charge on any atom is -0.411 e. The van der Waals surface area contributed by atoms with Gasteiger partial charge in [0, 0.05) is 11.5 Å². The molecule has 2 aromatic rings. The normalized spacial score (nSPS) is 22.5. The Morgan fingerprint density at radius 3 is 2.16 bits per heavy atom. The summed E-state index contributed by atoms with van der Waals surface area (Å²) in [4.78, 5) is 0. The Morgan fingerprint density at radius 1 is 0.920 bits per heavy atom. The molecule has 1 saturated carbocycles. The molecule has 5 heteroatoms. The highest BCUT2D eigenvalue weighted by molar-refractivity contribution is 6.09. The summed E-state index contributed by atoms with van der Waals surface area (Å²) in [5.74, 6) is -0.459. The Bertz CT molecular complexity index is 759. The molecule has 1 aliphatic carbocycles. The summed E-state index contributed by atoms with van der Waals surface area (Å²) in [6.45, 7) is 0. The van der Waals surface area contributed by atoms with Crippen molar-refractivity contribution >= 4 is 11.4 Å². The van der Waals surface area contributed by atoms with Gasteiger partial charge in [0.1, 0.15) is 11.3 Å². The van der Waals surface area contributed by atoms with Gasteiger partial charge in [0.25, 0.3) is 0 Å². The minimum atomic E-state index is -1.58. The van der Waals surface area contributed by atoms with Gasteiger partial charge in [-0.25, -0.2) is 0 Å². The van der Waals surface area contributed by atoms with E-state index in [-0.39, 0.29) is 5.71 Å². The highest BCUT2D eigenvalue weighted by atomic mass is 16.4. The molecule has 0 saturated heterocycles. The first kappa shape index (κ1) is 17.2. The molecule has 2 aromatic carbocycles. The number of nitrogens with zero attached hydrogens (tertiary/aromatic N) is 2. The van der Waals surface area contributed by atoms with E-state index in [1.54, 1.807) is 24.3 Å². The lowest BCUT2D eigenvalue weighted by Crippen LogP contribution is -2.48. The molecule has 3 N–H and O–H groups in total. The second kappa shape index (κ2) is 7.49. The van der Waals surface area contributed by atoms with Crippen molar-refractivity contribution in [3.63, 3.8) is 0 Å². The third kappa shape index (κ3) is 3.15. The maximum absolute atomic E-state index is 11.8. The number of rotatable bonds is 4. The zero-order valence-electron chi connectivity index (χ0n) is 13.9. The van der Waals surface area contributed by atoms with Crippen LogP contribution in [0, 0.1) is 5.92 Å². The molecule has 0 aromatic heterocycles. The van der Waals surface area contributed by atoms with Crippen molar-refractivity contribution in [2.24, 2.45) is 16.2 Å². The monoisotopic (exact) mass is 338 g/mol. The molecule has 2 atom stereocenters. The second-order valence-corrected chi connectivity index (χ2v) is 6.34. The molecule has 0 radical (unpaired) electrons. The summed E-state index contributed by atoms with van der Waals surface area (Å²) in [6, 6.07) is 18.2. The van der Waals surface area contributed by atoms with Crippen LogP contribution in [-0.4, -0.2) is 26.9 Å². The van der Waals surface area contributed by atoms with Crippen LogP contribution < -0.4 is 0 Å². The summed E-state index contributed by atoms with van der Waals surface area (Å²) >= 11 is 0. The van der Waals surface area contributed by atoms with Crippen LogP contribution >= 0.6 is 0 Å². The quantitative estimate of drug-likeness (QED) is 0.450. The molecule has 2 unspecified atom stereocenters. The molecule has 0 bridgehead atoms. The molecular formula is C20H22N2O3.